The van der Waals surface area contributed by atoms with Crippen LogP contribution >= 0.6 is 15.9 Å². The minimum atomic E-state index is 0.363. The molecule has 0 aliphatic rings. The Morgan fingerprint density at radius 2 is 1.62 bits per heavy atom. The number of halogens is 1. The molecule has 0 rings (SSSR count). The summed E-state index contributed by atoms with van der Waals surface area (Å²) in [6.45, 7) is 1.58. The lowest BCUT2D eigenvalue weighted by molar-refractivity contribution is 0.333. The molecule has 0 N–H and O–H groups in total. The summed E-state index contributed by atoms with van der Waals surface area (Å²) in [7, 11) is 0. The van der Waals surface area contributed by atoms with Gasteiger partial charge in [0.15, 0.2) is 0 Å². The van der Waals surface area contributed by atoms with Gasteiger partial charge in [0.1, 0.15) is 0 Å². The van der Waals surface area contributed by atoms with Gasteiger partial charge >= 0.3 is 0 Å². The normalized spacial score (nSPS) is 9.54. The molecule has 0 saturated heterocycles. The molecule has 0 fully saturated rings. The summed E-state index contributed by atoms with van der Waals surface area (Å²) in [5.41, 5.74) is 0. The van der Waals surface area contributed by atoms with Gasteiger partial charge in [0, 0.05) is 11.9 Å². The van der Waals surface area contributed by atoms with Crippen molar-refractivity contribution in [1.29, 1.82) is 10.5 Å². The monoisotopic (exact) mass is 243 g/mol. The fraction of sp³-hybridized carbons (Fsp3) is 0.778. The van der Waals surface area contributed by atoms with Gasteiger partial charge in [-0.3, -0.25) is 4.90 Å². The van der Waals surface area contributed by atoms with Crippen LogP contribution in [-0.2, 0) is 0 Å². The quantitative estimate of drug-likeness (QED) is 0.390. The van der Waals surface area contributed by atoms with Gasteiger partial charge in [-0.15, -0.1) is 0 Å². The SMILES string of the molecule is N#CCN(CC#N)CCCCCBr. The number of hydrogen-bond donors (Lipinski definition) is 0. The lowest BCUT2D eigenvalue weighted by atomic mass is 10.2. The van der Waals surface area contributed by atoms with E-state index in [1.54, 1.807) is 0 Å². The predicted octanol–water partition coefficient (Wildman–Crippen LogP) is 1.90. The molecule has 72 valence electrons. The number of alkyl halides is 1. The van der Waals surface area contributed by atoms with Crippen molar-refractivity contribution < 1.29 is 0 Å². The van der Waals surface area contributed by atoms with E-state index in [4.69, 9.17) is 10.5 Å². The van der Waals surface area contributed by atoms with E-state index in [0.717, 1.165) is 31.1 Å². The molecule has 0 aromatic heterocycles. The first kappa shape index (κ1) is 12.4. The Morgan fingerprint density at radius 3 is 2.08 bits per heavy atom. The van der Waals surface area contributed by atoms with Crippen molar-refractivity contribution in [2.45, 2.75) is 19.3 Å². The molecule has 4 heteroatoms. The van der Waals surface area contributed by atoms with Crippen LogP contribution in [0.3, 0.4) is 0 Å². The number of unbranched alkanes of at least 4 members (excludes halogenated alkanes) is 2. The zero-order chi connectivity index (χ0) is 9.94. The van der Waals surface area contributed by atoms with Gasteiger partial charge in [-0.2, -0.15) is 10.5 Å². The van der Waals surface area contributed by atoms with Crippen molar-refractivity contribution in [1.82, 2.24) is 4.90 Å². The number of nitrogens with zero attached hydrogens (tertiary/aromatic N) is 3. The Hall–Kier alpha value is -0.580. The zero-order valence-electron chi connectivity index (χ0n) is 7.67. The Bertz CT molecular complexity index is 176. The molecule has 0 bridgehead atoms. The van der Waals surface area contributed by atoms with Crippen molar-refractivity contribution in [2.75, 3.05) is 25.0 Å². The summed E-state index contributed by atoms with van der Waals surface area (Å²) < 4.78 is 0. The standard InChI is InChI=1S/C9H14BrN3/c10-4-2-1-3-7-13(8-5-11)9-6-12/h1-4,7-9H2. The summed E-state index contributed by atoms with van der Waals surface area (Å²) in [6.07, 6.45) is 3.38. The lowest BCUT2D eigenvalue weighted by Gasteiger charge is -2.14. The summed E-state index contributed by atoms with van der Waals surface area (Å²) >= 11 is 3.36. The number of nitriles is 2. The molecule has 0 amide bonds. The van der Waals surface area contributed by atoms with E-state index in [1.807, 2.05) is 4.90 Å². The molecule has 0 aromatic carbocycles. The molecule has 0 heterocycles. The Labute approximate surface area is 88.1 Å². The van der Waals surface area contributed by atoms with Crippen molar-refractivity contribution in [2.24, 2.45) is 0 Å². The third-order valence-electron chi connectivity index (χ3n) is 1.70. The molecule has 3 nitrogen and oxygen atoms in total. The van der Waals surface area contributed by atoms with Crippen LogP contribution in [0.2, 0.25) is 0 Å². The number of rotatable bonds is 7. The fourth-order valence-corrected chi connectivity index (χ4v) is 1.42. The molecular weight excluding hydrogens is 230 g/mol. The summed E-state index contributed by atoms with van der Waals surface area (Å²) in [4.78, 5) is 1.87. The van der Waals surface area contributed by atoms with E-state index in [9.17, 15) is 0 Å². The summed E-state index contributed by atoms with van der Waals surface area (Å²) in [6, 6.07) is 4.12. The minimum Gasteiger partial charge on any atom is -0.277 e. The highest BCUT2D eigenvalue weighted by molar-refractivity contribution is 9.09. The summed E-state index contributed by atoms with van der Waals surface area (Å²) in [5.74, 6) is 0. The largest absolute Gasteiger partial charge is 0.277 e. The van der Waals surface area contributed by atoms with Crippen molar-refractivity contribution in [3.05, 3.63) is 0 Å². The van der Waals surface area contributed by atoms with Crippen LogP contribution in [-0.4, -0.2) is 29.9 Å². The maximum atomic E-state index is 8.46. The highest BCUT2D eigenvalue weighted by Gasteiger charge is 2.01. The molecule has 0 radical (unpaired) electrons. The van der Waals surface area contributed by atoms with Crippen LogP contribution in [0.4, 0.5) is 0 Å². The highest BCUT2D eigenvalue weighted by Crippen LogP contribution is 2.00. The van der Waals surface area contributed by atoms with Crippen LogP contribution in [0.15, 0.2) is 0 Å². The second-order valence-electron chi connectivity index (χ2n) is 2.78. The van der Waals surface area contributed by atoms with Gasteiger partial charge < -0.3 is 0 Å². The lowest BCUT2D eigenvalue weighted by Crippen LogP contribution is -2.25. The van der Waals surface area contributed by atoms with Crippen LogP contribution in [0, 0.1) is 22.7 Å². The highest BCUT2D eigenvalue weighted by atomic mass is 79.9. The van der Waals surface area contributed by atoms with E-state index in [-0.39, 0.29) is 0 Å². The average Bonchev–Trinajstić information content (AvgIpc) is 2.13. The maximum Gasteiger partial charge on any atom is 0.0874 e. The molecule has 0 atom stereocenters. The van der Waals surface area contributed by atoms with E-state index in [0.29, 0.717) is 13.1 Å². The van der Waals surface area contributed by atoms with Crippen molar-refractivity contribution >= 4 is 15.9 Å². The molecule has 0 saturated carbocycles. The van der Waals surface area contributed by atoms with Crippen LogP contribution in [0.5, 0.6) is 0 Å². The predicted molar refractivity (Wildman–Crippen MR) is 55.3 cm³/mol. The zero-order valence-corrected chi connectivity index (χ0v) is 9.26. The van der Waals surface area contributed by atoms with Gasteiger partial charge in [-0.05, 0) is 12.8 Å². The van der Waals surface area contributed by atoms with Crippen molar-refractivity contribution in [3.8, 4) is 12.1 Å². The smallest absolute Gasteiger partial charge is 0.0874 e. The van der Waals surface area contributed by atoms with Gasteiger partial charge in [-0.25, -0.2) is 0 Å². The first-order chi connectivity index (χ1) is 6.35. The minimum absolute atomic E-state index is 0.363. The topological polar surface area (TPSA) is 50.8 Å². The molecule has 0 unspecified atom stereocenters. The Balaban J connectivity index is 3.47. The first-order valence-corrected chi connectivity index (χ1v) is 5.49. The molecular formula is C9H14BrN3. The maximum absolute atomic E-state index is 8.46. The van der Waals surface area contributed by atoms with Crippen molar-refractivity contribution in [3.63, 3.8) is 0 Å². The molecule has 13 heavy (non-hydrogen) atoms. The van der Waals surface area contributed by atoms with Crippen LogP contribution in [0.1, 0.15) is 19.3 Å². The second kappa shape index (κ2) is 9.51. The van der Waals surface area contributed by atoms with Gasteiger partial charge in [0.05, 0.1) is 25.2 Å². The molecule has 0 aliphatic carbocycles. The third kappa shape index (κ3) is 7.77. The first-order valence-electron chi connectivity index (χ1n) is 4.37. The Kier molecular flexibility index (Phi) is 9.08. The van der Waals surface area contributed by atoms with E-state index in [1.165, 1.54) is 0 Å². The van der Waals surface area contributed by atoms with Gasteiger partial charge in [0.25, 0.3) is 0 Å². The van der Waals surface area contributed by atoms with Crippen LogP contribution in [0.25, 0.3) is 0 Å². The molecule has 0 aromatic rings. The molecule has 0 aliphatic heterocycles. The van der Waals surface area contributed by atoms with Gasteiger partial charge in [-0.1, -0.05) is 22.4 Å². The van der Waals surface area contributed by atoms with E-state index < -0.39 is 0 Å². The second-order valence-corrected chi connectivity index (χ2v) is 3.57. The molecule has 0 spiro atoms. The average molecular weight is 244 g/mol. The third-order valence-corrected chi connectivity index (χ3v) is 2.26. The Morgan fingerprint density at radius 1 is 1.00 bits per heavy atom. The van der Waals surface area contributed by atoms with Gasteiger partial charge in [0.2, 0.25) is 0 Å². The number of hydrogen-bond acceptors (Lipinski definition) is 3. The fourth-order valence-electron chi connectivity index (χ4n) is 1.02. The van der Waals surface area contributed by atoms with E-state index in [2.05, 4.69) is 28.1 Å². The van der Waals surface area contributed by atoms with Crippen LogP contribution < -0.4 is 0 Å². The van der Waals surface area contributed by atoms with E-state index >= 15 is 0 Å². The summed E-state index contributed by atoms with van der Waals surface area (Å²) in [5, 5.41) is 17.9.